The first-order valence-electron chi connectivity index (χ1n) is 7.38. The highest BCUT2D eigenvalue weighted by Gasteiger charge is 2.53. The molecule has 0 heterocycles. The SMILES string of the molecule is C=C(c1ccc(Cl)cc1)C(NC(C)=O)(C(=O)OCC)C(=O)OCC. The van der Waals surface area contributed by atoms with E-state index in [-0.39, 0.29) is 18.8 Å². The number of carbonyl (C=O) groups is 3. The van der Waals surface area contributed by atoms with Crippen LogP contribution in [0.5, 0.6) is 0 Å². The Labute approximate surface area is 145 Å². The fourth-order valence-corrected chi connectivity index (χ4v) is 2.24. The van der Waals surface area contributed by atoms with Gasteiger partial charge >= 0.3 is 11.9 Å². The summed E-state index contributed by atoms with van der Waals surface area (Å²) in [6.07, 6.45) is 0. The number of amides is 1. The quantitative estimate of drug-likeness (QED) is 0.601. The minimum absolute atomic E-state index is 0.0213. The van der Waals surface area contributed by atoms with Crippen molar-refractivity contribution >= 4 is 35.0 Å². The Balaban J connectivity index is 3.49. The molecule has 0 spiro atoms. The van der Waals surface area contributed by atoms with Crippen LogP contribution in [-0.4, -0.2) is 36.6 Å². The van der Waals surface area contributed by atoms with Gasteiger partial charge in [0.2, 0.25) is 5.91 Å². The maximum Gasteiger partial charge on any atom is 0.348 e. The van der Waals surface area contributed by atoms with Crippen LogP contribution < -0.4 is 5.32 Å². The molecule has 0 unspecified atom stereocenters. The van der Waals surface area contributed by atoms with E-state index >= 15 is 0 Å². The average molecular weight is 354 g/mol. The van der Waals surface area contributed by atoms with E-state index in [9.17, 15) is 14.4 Å². The van der Waals surface area contributed by atoms with Gasteiger partial charge in [-0.05, 0) is 31.5 Å². The van der Waals surface area contributed by atoms with Crippen LogP contribution in [0.25, 0.3) is 5.57 Å². The molecule has 1 aromatic carbocycles. The molecule has 0 aliphatic rings. The molecule has 0 saturated heterocycles. The fourth-order valence-electron chi connectivity index (χ4n) is 2.12. The summed E-state index contributed by atoms with van der Waals surface area (Å²) in [6.45, 7) is 8.23. The number of esters is 2. The second-order valence-electron chi connectivity index (χ2n) is 4.86. The van der Waals surface area contributed by atoms with Crippen LogP contribution in [0.4, 0.5) is 0 Å². The van der Waals surface area contributed by atoms with Crippen molar-refractivity contribution in [3.63, 3.8) is 0 Å². The normalized spacial score (nSPS) is 10.7. The van der Waals surface area contributed by atoms with Crippen LogP contribution in [0.15, 0.2) is 30.8 Å². The number of nitrogens with one attached hydrogen (secondary N) is 1. The van der Waals surface area contributed by atoms with E-state index in [0.717, 1.165) is 0 Å². The van der Waals surface area contributed by atoms with Gasteiger partial charge < -0.3 is 14.8 Å². The molecule has 1 N–H and O–H groups in total. The lowest BCUT2D eigenvalue weighted by Gasteiger charge is -2.31. The van der Waals surface area contributed by atoms with E-state index in [1.807, 2.05) is 0 Å². The Hall–Kier alpha value is -2.34. The Morgan fingerprint density at radius 1 is 1.08 bits per heavy atom. The van der Waals surface area contributed by atoms with Crippen molar-refractivity contribution in [2.24, 2.45) is 0 Å². The smallest absolute Gasteiger partial charge is 0.348 e. The minimum Gasteiger partial charge on any atom is -0.464 e. The van der Waals surface area contributed by atoms with Crippen LogP contribution in [-0.2, 0) is 23.9 Å². The zero-order chi connectivity index (χ0) is 18.3. The Morgan fingerprint density at radius 3 is 1.92 bits per heavy atom. The van der Waals surface area contributed by atoms with Crippen LogP contribution in [0.3, 0.4) is 0 Å². The highest BCUT2D eigenvalue weighted by Crippen LogP contribution is 2.30. The molecule has 0 saturated carbocycles. The first-order valence-corrected chi connectivity index (χ1v) is 7.75. The van der Waals surface area contributed by atoms with Gasteiger partial charge in [-0.25, -0.2) is 9.59 Å². The van der Waals surface area contributed by atoms with Crippen LogP contribution in [0.1, 0.15) is 26.3 Å². The van der Waals surface area contributed by atoms with Crippen LogP contribution in [0, 0.1) is 0 Å². The predicted molar refractivity (Wildman–Crippen MR) is 90.3 cm³/mol. The summed E-state index contributed by atoms with van der Waals surface area (Å²) < 4.78 is 10.0. The van der Waals surface area contributed by atoms with Crippen molar-refractivity contribution < 1.29 is 23.9 Å². The van der Waals surface area contributed by atoms with Gasteiger partial charge in [-0.15, -0.1) is 0 Å². The number of halogens is 1. The van der Waals surface area contributed by atoms with E-state index < -0.39 is 23.4 Å². The molecule has 1 rings (SSSR count). The first-order chi connectivity index (χ1) is 11.3. The molecule has 6 nitrogen and oxygen atoms in total. The van der Waals surface area contributed by atoms with Gasteiger partial charge in [0.05, 0.1) is 13.2 Å². The zero-order valence-corrected chi connectivity index (χ0v) is 14.6. The van der Waals surface area contributed by atoms with Crippen molar-refractivity contribution in [1.82, 2.24) is 5.32 Å². The molecule has 1 aromatic rings. The molecular weight excluding hydrogens is 334 g/mol. The van der Waals surface area contributed by atoms with Crippen molar-refractivity contribution in [1.29, 1.82) is 0 Å². The third kappa shape index (κ3) is 4.14. The highest BCUT2D eigenvalue weighted by molar-refractivity contribution is 6.30. The van der Waals surface area contributed by atoms with Crippen molar-refractivity contribution in [2.45, 2.75) is 26.3 Å². The number of hydrogen-bond donors (Lipinski definition) is 1. The van der Waals surface area contributed by atoms with E-state index in [1.54, 1.807) is 38.1 Å². The second-order valence-corrected chi connectivity index (χ2v) is 5.29. The van der Waals surface area contributed by atoms with Gasteiger partial charge in [0.25, 0.3) is 5.54 Å². The third-order valence-corrected chi connectivity index (χ3v) is 3.42. The Morgan fingerprint density at radius 2 is 1.54 bits per heavy atom. The third-order valence-electron chi connectivity index (χ3n) is 3.17. The zero-order valence-electron chi connectivity index (χ0n) is 13.8. The van der Waals surface area contributed by atoms with E-state index in [0.29, 0.717) is 10.6 Å². The summed E-state index contributed by atoms with van der Waals surface area (Å²) in [5.74, 6) is -2.52. The molecule has 0 bridgehead atoms. The topological polar surface area (TPSA) is 81.7 Å². The standard InChI is InChI=1S/C17H20ClNO5/c1-5-23-15(21)17(19-12(4)20,16(22)24-6-2)11(3)13-7-9-14(18)10-8-13/h7-10H,3,5-6H2,1-2,4H3,(H,19,20). The van der Waals surface area contributed by atoms with E-state index in [4.69, 9.17) is 21.1 Å². The van der Waals surface area contributed by atoms with E-state index in [2.05, 4.69) is 11.9 Å². The molecular formula is C17H20ClNO5. The van der Waals surface area contributed by atoms with Crippen LogP contribution >= 0.6 is 11.6 Å². The summed E-state index contributed by atoms with van der Waals surface area (Å²) in [6, 6.07) is 6.33. The summed E-state index contributed by atoms with van der Waals surface area (Å²) in [4.78, 5) is 36.8. The number of rotatable bonds is 7. The summed E-state index contributed by atoms with van der Waals surface area (Å²) in [7, 11) is 0. The van der Waals surface area contributed by atoms with Crippen molar-refractivity contribution in [3.05, 3.63) is 41.4 Å². The number of ether oxygens (including phenoxy) is 2. The molecule has 0 aliphatic heterocycles. The van der Waals surface area contributed by atoms with Gasteiger partial charge in [0.15, 0.2) is 0 Å². The van der Waals surface area contributed by atoms with Crippen LogP contribution in [0.2, 0.25) is 5.02 Å². The highest BCUT2D eigenvalue weighted by atomic mass is 35.5. The van der Waals surface area contributed by atoms with Gasteiger partial charge in [-0.3, -0.25) is 4.79 Å². The lowest BCUT2D eigenvalue weighted by Crippen LogP contribution is -2.61. The molecule has 0 aromatic heterocycles. The van der Waals surface area contributed by atoms with Crippen molar-refractivity contribution in [2.75, 3.05) is 13.2 Å². The molecule has 7 heteroatoms. The van der Waals surface area contributed by atoms with Crippen molar-refractivity contribution in [3.8, 4) is 0 Å². The van der Waals surface area contributed by atoms with E-state index in [1.165, 1.54) is 6.92 Å². The van der Waals surface area contributed by atoms with Gasteiger partial charge in [0.1, 0.15) is 0 Å². The molecule has 0 aliphatic carbocycles. The molecule has 0 fully saturated rings. The van der Waals surface area contributed by atoms with Gasteiger partial charge in [-0.2, -0.15) is 0 Å². The number of benzene rings is 1. The number of hydrogen-bond acceptors (Lipinski definition) is 5. The molecule has 24 heavy (non-hydrogen) atoms. The average Bonchev–Trinajstić information content (AvgIpc) is 2.52. The van der Waals surface area contributed by atoms with Gasteiger partial charge in [-0.1, -0.05) is 30.3 Å². The largest absolute Gasteiger partial charge is 0.464 e. The fraction of sp³-hybridized carbons (Fsp3) is 0.353. The second kappa shape index (κ2) is 8.49. The molecule has 1 amide bonds. The monoisotopic (exact) mass is 353 g/mol. The number of carbonyl (C=O) groups excluding carboxylic acids is 3. The maximum atomic E-state index is 12.6. The lowest BCUT2D eigenvalue weighted by atomic mass is 9.85. The Kier molecular flexibility index (Phi) is 6.97. The lowest BCUT2D eigenvalue weighted by molar-refractivity contribution is -0.163. The predicted octanol–water partition coefficient (Wildman–Crippen LogP) is 2.35. The molecule has 130 valence electrons. The summed E-state index contributed by atoms with van der Waals surface area (Å²) >= 11 is 5.86. The Bertz CT molecular complexity index is 621. The molecule has 0 atom stereocenters. The first kappa shape index (κ1) is 19.7. The maximum absolute atomic E-state index is 12.6. The summed E-state index contributed by atoms with van der Waals surface area (Å²) in [5, 5.41) is 2.83. The summed E-state index contributed by atoms with van der Waals surface area (Å²) in [5.41, 5.74) is -1.69. The molecule has 0 radical (unpaired) electrons. The minimum atomic E-state index is -2.16. The van der Waals surface area contributed by atoms with Gasteiger partial charge in [0, 0.05) is 17.5 Å².